The Balaban J connectivity index is 1.67. The van der Waals surface area contributed by atoms with Crippen LogP contribution in [0.4, 0.5) is 0 Å². The zero-order chi connectivity index (χ0) is 17.2. The lowest BCUT2D eigenvalue weighted by Gasteiger charge is -2.59. The predicted octanol–water partition coefficient (Wildman–Crippen LogP) is 1.31. The van der Waals surface area contributed by atoms with Crippen molar-refractivity contribution in [3.8, 4) is 11.5 Å². The predicted molar refractivity (Wildman–Crippen MR) is 95.4 cm³/mol. The van der Waals surface area contributed by atoms with Crippen LogP contribution >= 0.6 is 0 Å². The van der Waals surface area contributed by atoms with Gasteiger partial charge in [0.25, 0.3) is 0 Å². The van der Waals surface area contributed by atoms with Gasteiger partial charge in [0.2, 0.25) is 0 Å². The van der Waals surface area contributed by atoms with Crippen LogP contribution in [-0.2, 0) is 11.8 Å². The molecule has 2 bridgehead atoms. The van der Waals surface area contributed by atoms with Crippen LogP contribution in [0, 0.1) is 5.92 Å². The first kappa shape index (κ1) is 15.9. The molecule has 2 heterocycles. The maximum absolute atomic E-state index is 9.28. The van der Waals surface area contributed by atoms with Gasteiger partial charge in [0.1, 0.15) is 6.10 Å². The molecule has 2 N–H and O–H groups in total. The van der Waals surface area contributed by atoms with Gasteiger partial charge in [-0.2, -0.15) is 0 Å². The number of aliphatic hydroxyl groups is 1. The third kappa shape index (κ3) is 1.95. The van der Waals surface area contributed by atoms with E-state index >= 15 is 0 Å². The highest BCUT2D eigenvalue weighted by atomic mass is 16.5. The number of piperidine rings is 1. The summed E-state index contributed by atoms with van der Waals surface area (Å²) >= 11 is 0. The second-order valence-corrected chi connectivity index (χ2v) is 8.18. The number of likely N-dealkylation sites (N-methyl/N-ethyl adjacent to an activating group) is 1. The molecule has 2 unspecified atom stereocenters. The summed E-state index contributed by atoms with van der Waals surface area (Å²) in [5, 5.41) is 12.8. The fourth-order valence-corrected chi connectivity index (χ4v) is 6.35. The summed E-state index contributed by atoms with van der Waals surface area (Å²) in [5.41, 5.74) is 3.01. The molecule has 25 heavy (non-hydrogen) atoms. The van der Waals surface area contributed by atoms with E-state index < -0.39 is 0 Å². The van der Waals surface area contributed by atoms with Crippen molar-refractivity contribution < 1.29 is 14.6 Å². The molecule has 1 aromatic rings. The van der Waals surface area contributed by atoms with Crippen molar-refractivity contribution in [3.05, 3.63) is 23.3 Å². The van der Waals surface area contributed by atoms with Gasteiger partial charge in [-0.05, 0) is 56.8 Å². The van der Waals surface area contributed by atoms with E-state index in [2.05, 4.69) is 29.4 Å². The van der Waals surface area contributed by atoms with Gasteiger partial charge in [-0.3, -0.25) is 0 Å². The zero-order valence-electron chi connectivity index (χ0n) is 15.1. The highest BCUT2D eigenvalue weighted by Crippen LogP contribution is 2.63. The van der Waals surface area contributed by atoms with E-state index in [1.807, 2.05) is 0 Å². The maximum atomic E-state index is 9.28. The number of hydrogen-bond acceptors (Lipinski definition) is 5. The molecule has 1 saturated carbocycles. The average molecular weight is 344 g/mol. The van der Waals surface area contributed by atoms with E-state index in [0.717, 1.165) is 37.3 Å². The minimum Gasteiger partial charge on any atom is -0.493 e. The summed E-state index contributed by atoms with van der Waals surface area (Å²) in [6.45, 7) is 1.94. The number of ether oxygens (including phenoxy) is 2. The van der Waals surface area contributed by atoms with Gasteiger partial charge in [-0.1, -0.05) is 6.07 Å². The summed E-state index contributed by atoms with van der Waals surface area (Å²) in [6.07, 6.45) is 4.78. The molecule has 1 spiro atoms. The molecular weight excluding hydrogens is 316 g/mol. The topological polar surface area (TPSA) is 54.0 Å². The van der Waals surface area contributed by atoms with Crippen molar-refractivity contribution in [2.24, 2.45) is 5.92 Å². The smallest absolute Gasteiger partial charge is 0.165 e. The van der Waals surface area contributed by atoms with Gasteiger partial charge in [0, 0.05) is 29.6 Å². The molecule has 4 aliphatic rings. The molecule has 2 aliphatic carbocycles. The molecule has 2 fully saturated rings. The molecule has 1 aromatic carbocycles. The van der Waals surface area contributed by atoms with E-state index in [9.17, 15) is 5.11 Å². The molecule has 5 atom stereocenters. The van der Waals surface area contributed by atoms with Crippen molar-refractivity contribution >= 4 is 0 Å². The van der Waals surface area contributed by atoms with Crippen LogP contribution < -0.4 is 14.8 Å². The third-order valence-corrected chi connectivity index (χ3v) is 7.32. The minimum absolute atomic E-state index is 0.111. The Morgan fingerprint density at radius 3 is 3.08 bits per heavy atom. The Morgan fingerprint density at radius 2 is 2.28 bits per heavy atom. The Bertz CT molecular complexity index is 694. The maximum Gasteiger partial charge on any atom is 0.165 e. The van der Waals surface area contributed by atoms with E-state index in [-0.39, 0.29) is 18.1 Å². The summed E-state index contributed by atoms with van der Waals surface area (Å²) in [4.78, 5) is 2.57. The van der Waals surface area contributed by atoms with Crippen molar-refractivity contribution in [2.45, 2.75) is 49.3 Å². The van der Waals surface area contributed by atoms with Gasteiger partial charge in [0.15, 0.2) is 11.5 Å². The van der Waals surface area contributed by atoms with Gasteiger partial charge in [0.05, 0.1) is 13.7 Å². The quantitative estimate of drug-likeness (QED) is 0.863. The van der Waals surface area contributed by atoms with Gasteiger partial charge in [-0.25, -0.2) is 0 Å². The van der Waals surface area contributed by atoms with Gasteiger partial charge < -0.3 is 24.8 Å². The molecule has 5 rings (SSSR count). The number of aliphatic hydroxyl groups excluding tert-OH is 1. The monoisotopic (exact) mass is 344 g/mol. The van der Waals surface area contributed by atoms with Crippen molar-refractivity contribution in [1.82, 2.24) is 10.2 Å². The van der Waals surface area contributed by atoms with Crippen LogP contribution in [0.3, 0.4) is 0 Å². The van der Waals surface area contributed by atoms with E-state index in [1.54, 1.807) is 7.11 Å². The molecule has 1 saturated heterocycles. The second kappa shape index (κ2) is 5.60. The molecule has 5 heteroatoms. The van der Waals surface area contributed by atoms with E-state index in [4.69, 9.17) is 9.47 Å². The number of hydrogen-bond donors (Lipinski definition) is 2. The van der Waals surface area contributed by atoms with Gasteiger partial charge in [-0.15, -0.1) is 0 Å². The number of nitrogens with zero attached hydrogens (tertiary/aromatic N) is 1. The molecule has 0 radical (unpaired) electrons. The van der Waals surface area contributed by atoms with Crippen molar-refractivity contribution in [3.63, 3.8) is 0 Å². The standard InChI is InChI=1S/C20H28N2O3/c1-22-9-7-20-13-4-5-14(21-8-10-23)19(20)25-18-16(24-2)6-3-12(17(18)20)11-15(13)22/h3,6,13-15,19,21,23H,4-5,7-11H2,1-2H3/t13-,14?,15+,19?,20-/m1/s1. The molecule has 0 aromatic heterocycles. The number of likely N-dealkylation sites (tertiary alicyclic amines) is 1. The van der Waals surface area contributed by atoms with Crippen molar-refractivity contribution in [2.75, 3.05) is 33.9 Å². The first-order chi connectivity index (χ1) is 12.2. The largest absolute Gasteiger partial charge is 0.493 e. The summed E-state index contributed by atoms with van der Waals surface area (Å²) < 4.78 is 12.3. The highest BCUT2D eigenvalue weighted by Gasteiger charge is 2.65. The molecule has 0 amide bonds. The highest BCUT2D eigenvalue weighted by molar-refractivity contribution is 5.61. The fraction of sp³-hybridized carbons (Fsp3) is 0.700. The fourth-order valence-electron chi connectivity index (χ4n) is 6.35. The third-order valence-electron chi connectivity index (χ3n) is 7.32. The number of nitrogens with one attached hydrogen (secondary N) is 1. The van der Waals surface area contributed by atoms with Gasteiger partial charge >= 0.3 is 0 Å². The zero-order valence-corrected chi connectivity index (χ0v) is 15.1. The Hall–Kier alpha value is -1.30. The second-order valence-electron chi connectivity index (χ2n) is 8.18. The van der Waals surface area contributed by atoms with E-state index in [0.29, 0.717) is 24.5 Å². The Morgan fingerprint density at radius 1 is 1.40 bits per heavy atom. The number of benzene rings is 1. The molecule has 5 nitrogen and oxygen atoms in total. The number of methoxy groups -OCH3 is 1. The SMILES string of the molecule is COc1ccc2c3c1OC1C(NCCO)CC[C@@H]4[C@H](C2)N(C)CC[C@@]314. The Kier molecular flexibility index (Phi) is 3.56. The summed E-state index contributed by atoms with van der Waals surface area (Å²) in [5.74, 6) is 2.53. The van der Waals surface area contributed by atoms with Crippen LogP contribution in [0.15, 0.2) is 12.1 Å². The number of rotatable bonds is 4. The lowest BCUT2D eigenvalue weighted by Crippen LogP contribution is -2.68. The molecular formula is C20H28N2O3. The average Bonchev–Trinajstić information content (AvgIpc) is 2.98. The molecule has 2 aliphatic heterocycles. The first-order valence-electron chi connectivity index (χ1n) is 9.62. The van der Waals surface area contributed by atoms with E-state index in [1.165, 1.54) is 17.5 Å². The van der Waals surface area contributed by atoms with Crippen LogP contribution in [0.2, 0.25) is 0 Å². The van der Waals surface area contributed by atoms with Crippen molar-refractivity contribution in [1.29, 1.82) is 0 Å². The normalized spacial score (nSPS) is 38.2. The van der Waals surface area contributed by atoms with Crippen LogP contribution in [-0.4, -0.2) is 62.0 Å². The lowest BCUT2D eigenvalue weighted by atomic mass is 9.51. The first-order valence-corrected chi connectivity index (χ1v) is 9.62. The Labute approximate surface area is 149 Å². The molecule has 136 valence electrons. The summed E-state index contributed by atoms with van der Waals surface area (Å²) in [6, 6.07) is 5.26. The van der Waals surface area contributed by atoms with Crippen LogP contribution in [0.5, 0.6) is 11.5 Å². The summed E-state index contributed by atoms with van der Waals surface area (Å²) in [7, 11) is 4.02. The minimum atomic E-state index is 0.111. The van der Waals surface area contributed by atoms with Crippen LogP contribution in [0.25, 0.3) is 0 Å². The van der Waals surface area contributed by atoms with Crippen LogP contribution in [0.1, 0.15) is 30.4 Å². The lowest BCUT2D eigenvalue weighted by molar-refractivity contribution is -0.0576.